The summed E-state index contributed by atoms with van der Waals surface area (Å²) in [6.07, 6.45) is 1.73. The predicted molar refractivity (Wildman–Crippen MR) is 45.6 cm³/mol. The van der Waals surface area contributed by atoms with E-state index in [2.05, 4.69) is 15.2 Å². The van der Waals surface area contributed by atoms with Crippen molar-refractivity contribution in [1.82, 2.24) is 15.2 Å². The highest BCUT2D eigenvalue weighted by Gasteiger charge is 2.04. The summed E-state index contributed by atoms with van der Waals surface area (Å²) in [7, 11) is 0. The lowest BCUT2D eigenvalue weighted by Crippen LogP contribution is -1.79. The lowest BCUT2D eigenvalue weighted by atomic mass is 10.4. The van der Waals surface area contributed by atoms with Crippen molar-refractivity contribution >= 4 is 11.3 Å². The quantitative estimate of drug-likeness (QED) is 0.727. The number of nitrogens with one attached hydrogen (secondary N) is 1. The molecular weight excluding hydrogens is 174 g/mol. The molecule has 0 fully saturated rings. The van der Waals surface area contributed by atoms with Gasteiger partial charge in [-0.3, -0.25) is 5.10 Å². The van der Waals surface area contributed by atoms with Crippen molar-refractivity contribution in [3.8, 4) is 10.7 Å². The molecule has 12 heavy (non-hydrogen) atoms. The number of H-pyrrole nitrogens is 1. The van der Waals surface area contributed by atoms with E-state index in [1.165, 1.54) is 11.3 Å². The Morgan fingerprint density at radius 2 is 2.50 bits per heavy atom. The smallest absolute Gasteiger partial charge is 0.143 e. The van der Waals surface area contributed by atoms with Gasteiger partial charge in [0.15, 0.2) is 0 Å². The molecule has 0 radical (unpaired) electrons. The molecule has 0 saturated carbocycles. The summed E-state index contributed by atoms with van der Waals surface area (Å²) in [5.41, 5.74) is 1.49. The molecule has 0 bridgehead atoms. The molecule has 4 nitrogen and oxygen atoms in total. The maximum atomic E-state index is 8.76. The van der Waals surface area contributed by atoms with Gasteiger partial charge in [0.25, 0.3) is 0 Å². The van der Waals surface area contributed by atoms with E-state index < -0.39 is 0 Å². The number of rotatable bonds is 2. The Bertz CT molecular complexity index is 354. The number of aromatic nitrogens is 3. The summed E-state index contributed by atoms with van der Waals surface area (Å²) in [6, 6.07) is 1.79. The zero-order valence-corrected chi connectivity index (χ0v) is 7.01. The molecule has 2 N–H and O–H groups in total. The fourth-order valence-corrected chi connectivity index (χ4v) is 1.50. The van der Waals surface area contributed by atoms with E-state index in [1.54, 1.807) is 12.3 Å². The number of aliphatic hydroxyl groups excluding tert-OH is 1. The third kappa shape index (κ3) is 1.24. The van der Waals surface area contributed by atoms with Crippen LogP contribution in [0.25, 0.3) is 10.7 Å². The van der Waals surface area contributed by atoms with Gasteiger partial charge in [0.1, 0.15) is 10.7 Å². The van der Waals surface area contributed by atoms with Gasteiger partial charge >= 0.3 is 0 Å². The van der Waals surface area contributed by atoms with E-state index in [9.17, 15) is 0 Å². The molecule has 0 aliphatic carbocycles. The summed E-state index contributed by atoms with van der Waals surface area (Å²) in [4.78, 5) is 4.09. The van der Waals surface area contributed by atoms with Crippen molar-refractivity contribution in [2.45, 2.75) is 6.61 Å². The average molecular weight is 181 g/mol. The lowest BCUT2D eigenvalue weighted by Gasteiger charge is -1.83. The summed E-state index contributed by atoms with van der Waals surface area (Å²) in [6.45, 7) is -0.0155. The highest BCUT2D eigenvalue weighted by Crippen LogP contribution is 2.19. The third-order valence-corrected chi connectivity index (χ3v) is 2.25. The summed E-state index contributed by atoms with van der Waals surface area (Å²) in [5.74, 6) is 0. The van der Waals surface area contributed by atoms with E-state index in [4.69, 9.17) is 5.11 Å². The van der Waals surface area contributed by atoms with Crippen LogP contribution in [0.3, 0.4) is 0 Å². The van der Waals surface area contributed by atoms with Crippen molar-refractivity contribution < 1.29 is 5.11 Å². The minimum atomic E-state index is -0.0155. The number of aromatic amines is 1. The molecule has 0 saturated heterocycles. The molecule has 2 aromatic heterocycles. The number of hydrogen-bond acceptors (Lipinski definition) is 4. The van der Waals surface area contributed by atoms with Crippen molar-refractivity contribution in [2.24, 2.45) is 0 Å². The molecule has 2 aromatic rings. The Hall–Kier alpha value is -1.20. The summed E-state index contributed by atoms with van der Waals surface area (Å²) in [5, 5.41) is 18.2. The first-order chi connectivity index (χ1) is 5.90. The van der Waals surface area contributed by atoms with Crippen LogP contribution in [0.2, 0.25) is 0 Å². The standard InChI is InChI=1S/C7H7N3OS/c11-4-5-3-6(10-9-5)7-8-1-2-12-7/h1-3,11H,4H2,(H,9,10). The molecule has 0 amide bonds. The molecule has 0 spiro atoms. The Kier molecular flexibility index (Phi) is 1.89. The average Bonchev–Trinajstić information content (AvgIpc) is 2.75. The van der Waals surface area contributed by atoms with Crippen LogP contribution in [0.4, 0.5) is 0 Å². The Labute approximate surface area is 72.9 Å². The van der Waals surface area contributed by atoms with Crippen LogP contribution < -0.4 is 0 Å². The van der Waals surface area contributed by atoms with Gasteiger partial charge in [-0.2, -0.15) is 5.10 Å². The zero-order chi connectivity index (χ0) is 8.39. The second-order valence-electron chi connectivity index (χ2n) is 2.27. The van der Waals surface area contributed by atoms with E-state index in [1.807, 2.05) is 5.38 Å². The van der Waals surface area contributed by atoms with Crippen LogP contribution >= 0.6 is 11.3 Å². The van der Waals surface area contributed by atoms with E-state index >= 15 is 0 Å². The van der Waals surface area contributed by atoms with Crippen LogP contribution in [0, 0.1) is 0 Å². The maximum Gasteiger partial charge on any atom is 0.143 e. The monoisotopic (exact) mass is 181 g/mol. The molecule has 5 heteroatoms. The SMILES string of the molecule is OCc1cc(-c2nccs2)n[nH]1. The number of nitrogens with zero attached hydrogens (tertiary/aromatic N) is 2. The number of hydrogen-bond donors (Lipinski definition) is 2. The fourth-order valence-electron chi connectivity index (χ4n) is 0.902. The number of thiazole rings is 1. The van der Waals surface area contributed by atoms with Gasteiger partial charge in [0, 0.05) is 11.6 Å². The fraction of sp³-hybridized carbons (Fsp3) is 0.143. The highest BCUT2D eigenvalue weighted by molar-refractivity contribution is 7.13. The predicted octanol–water partition coefficient (Wildman–Crippen LogP) is 1.03. The van der Waals surface area contributed by atoms with Crippen molar-refractivity contribution in [3.05, 3.63) is 23.3 Å². The minimum absolute atomic E-state index is 0.0155. The van der Waals surface area contributed by atoms with Gasteiger partial charge in [-0.05, 0) is 6.07 Å². The molecule has 62 valence electrons. The summed E-state index contributed by atoms with van der Waals surface area (Å²) < 4.78 is 0. The van der Waals surface area contributed by atoms with Crippen molar-refractivity contribution in [1.29, 1.82) is 0 Å². The van der Waals surface area contributed by atoms with E-state index in [0.717, 1.165) is 10.7 Å². The lowest BCUT2D eigenvalue weighted by molar-refractivity contribution is 0.276. The van der Waals surface area contributed by atoms with Crippen LogP contribution in [0.15, 0.2) is 17.6 Å². The molecule has 0 atom stereocenters. The molecule has 2 rings (SSSR count). The molecule has 2 heterocycles. The topological polar surface area (TPSA) is 61.8 Å². The number of aliphatic hydroxyl groups is 1. The zero-order valence-electron chi connectivity index (χ0n) is 6.19. The van der Waals surface area contributed by atoms with Gasteiger partial charge in [0.2, 0.25) is 0 Å². The first-order valence-corrected chi connectivity index (χ1v) is 4.33. The van der Waals surface area contributed by atoms with E-state index in [0.29, 0.717) is 5.69 Å². The summed E-state index contributed by atoms with van der Waals surface area (Å²) >= 11 is 1.52. The first kappa shape index (κ1) is 7.45. The molecule has 0 aliphatic rings. The van der Waals surface area contributed by atoms with Gasteiger partial charge in [-0.1, -0.05) is 0 Å². The molecule has 0 unspecified atom stereocenters. The van der Waals surface area contributed by atoms with E-state index in [-0.39, 0.29) is 6.61 Å². The Balaban J connectivity index is 2.35. The van der Waals surface area contributed by atoms with Crippen molar-refractivity contribution in [3.63, 3.8) is 0 Å². The van der Waals surface area contributed by atoms with Crippen LogP contribution in [-0.4, -0.2) is 20.3 Å². The largest absolute Gasteiger partial charge is 0.390 e. The van der Waals surface area contributed by atoms with Crippen LogP contribution in [-0.2, 0) is 6.61 Å². The Morgan fingerprint density at radius 3 is 3.08 bits per heavy atom. The molecular formula is C7H7N3OS. The first-order valence-electron chi connectivity index (χ1n) is 3.45. The highest BCUT2D eigenvalue weighted by atomic mass is 32.1. The second-order valence-corrected chi connectivity index (χ2v) is 3.17. The van der Waals surface area contributed by atoms with Gasteiger partial charge in [-0.25, -0.2) is 4.98 Å². The van der Waals surface area contributed by atoms with Gasteiger partial charge in [0.05, 0.1) is 12.3 Å². The van der Waals surface area contributed by atoms with Crippen LogP contribution in [0.1, 0.15) is 5.69 Å². The normalized spacial score (nSPS) is 10.4. The van der Waals surface area contributed by atoms with Gasteiger partial charge in [-0.15, -0.1) is 11.3 Å². The van der Waals surface area contributed by atoms with Crippen molar-refractivity contribution in [2.75, 3.05) is 0 Å². The minimum Gasteiger partial charge on any atom is -0.390 e. The second kappa shape index (κ2) is 3.04. The molecule has 0 aromatic carbocycles. The maximum absolute atomic E-state index is 8.76. The Morgan fingerprint density at radius 1 is 1.58 bits per heavy atom. The third-order valence-electron chi connectivity index (χ3n) is 1.45. The van der Waals surface area contributed by atoms with Gasteiger partial charge < -0.3 is 5.11 Å². The molecule has 0 aliphatic heterocycles. The van der Waals surface area contributed by atoms with Crippen LogP contribution in [0.5, 0.6) is 0 Å².